The summed E-state index contributed by atoms with van der Waals surface area (Å²) in [5.41, 5.74) is 0.848. The van der Waals surface area contributed by atoms with Gasteiger partial charge in [0, 0.05) is 13.0 Å². The third kappa shape index (κ3) is 5.45. The zero-order valence-electron chi connectivity index (χ0n) is 12.7. The predicted octanol–water partition coefficient (Wildman–Crippen LogP) is 2.57. The molecule has 5 nitrogen and oxygen atoms in total. The average Bonchev–Trinajstić information content (AvgIpc) is 2.37. The molecule has 5 heteroatoms. The quantitative estimate of drug-likeness (QED) is 0.721. The van der Waals surface area contributed by atoms with E-state index in [4.69, 9.17) is 5.11 Å². The van der Waals surface area contributed by atoms with Crippen molar-refractivity contribution < 1.29 is 19.8 Å². The number of phenols is 1. The summed E-state index contributed by atoms with van der Waals surface area (Å²) in [5, 5.41) is 21.5. The third-order valence-corrected chi connectivity index (χ3v) is 3.30. The van der Waals surface area contributed by atoms with E-state index in [1.54, 1.807) is 25.1 Å². The Balaban J connectivity index is 2.68. The summed E-state index contributed by atoms with van der Waals surface area (Å²) in [6, 6.07) is 4.97. The molecule has 116 valence electrons. The van der Waals surface area contributed by atoms with Crippen molar-refractivity contribution in [3.05, 3.63) is 29.3 Å². The Morgan fingerprint density at radius 1 is 1.29 bits per heavy atom. The van der Waals surface area contributed by atoms with Gasteiger partial charge in [-0.3, -0.25) is 9.59 Å². The van der Waals surface area contributed by atoms with Crippen molar-refractivity contribution in [3.63, 3.8) is 0 Å². The van der Waals surface area contributed by atoms with Gasteiger partial charge < -0.3 is 15.5 Å². The molecule has 0 saturated heterocycles. The Kier molecular flexibility index (Phi) is 6.21. The van der Waals surface area contributed by atoms with Crippen LogP contribution in [0.3, 0.4) is 0 Å². The van der Waals surface area contributed by atoms with Crippen LogP contribution in [-0.4, -0.2) is 28.6 Å². The van der Waals surface area contributed by atoms with Crippen LogP contribution in [-0.2, 0) is 4.79 Å². The van der Waals surface area contributed by atoms with Crippen LogP contribution in [0.25, 0.3) is 0 Å². The number of amides is 1. The van der Waals surface area contributed by atoms with E-state index in [1.165, 1.54) is 0 Å². The largest absolute Gasteiger partial charge is 0.507 e. The fourth-order valence-electron chi connectivity index (χ4n) is 2.33. The number of carboxylic acids is 1. The number of hydrogen-bond donors (Lipinski definition) is 3. The minimum atomic E-state index is -0.867. The highest BCUT2D eigenvalue weighted by Gasteiger charge is 2.18. The van der Waals surface area contributed by atoms with Crippen molar-refractivity contribution in [1.29, 1.82) is 0 Å². The number of benzene rings is 1. The molecule has 0 radical (unpaired) electrons. The topological polar surface area (TPSA) is 86.6 Å². The van der Waals surface area contributed by atoms with Gasteiger partial charge in [0.1, 0.15) is 5.75 Å². The first kappa shape index (κ1) is 17.0. The second-order valence-electron chi connectivity index (χ2n) is 5.77. The third-order valence-electron chi connectivity index (χ3n) is 3.30. The molecule has 0 heterocycles. The summed E-state index contributed by atoms with van der Waals surface area (Å²) >= 11 is 0. The van der Waals surface area contributed by atoms with Gasteiger partial charge in [0.15, 0.2) is 0 Å². The molecule has 0 spiro atoms. The van der Waals surface area contributed by atoms with E-state index in [1.807, 2.05) is 13.8 Å². The maximum atomic E-state index is 12.1. The number of carbonyl (C=O) groups is 2. The molecule has 3 N–H and O–H groups in total. The minimum absolute atomic E-state index is 0.0261. The molecule has 0 aliphatic carbocycles. The van der Waals surface area contributed by atoms with Crippen LogP contribution in [0.1, 0.15) is 42.6 Å². The smallest absolute Gasteiger partial charge is 0.303 e. The van der Waals surface area contributed by atoms with Gasteiger partial charge in [-0.25, -0.2) is 0 Å². The summed E-state index contributed by atoms with van der Waals surface area (Å²) in [6.07, 6.45) is 0.755. The monoisotopic (exact) mass is 293 g/mol. The van der Waals surface area contributed by atoms with Crippen molar-refractivity contribution in [2.24, 2.45) is 11.8 Å². The maximum absolute atomic E-state index is 12.1. The minimum Gasteiger partial charge on any atom is -0.507 e. The highest BCUT2D eigenvalue weighted by atomic mass is 16.4. The first-order valence-corrected chi connectivity index (χ1v) is 7.09. The fraction of sp³-hybridized carbons (Fsp3) is 0.500. The van der Waals surface area contributed by atoms with Crippen LogP contribution in [0, 0.1) is 18.8 Å². The van der Waals surface area contributed by atoms with Gasteiger partial charge in [0.2, 0.25) is 0 Å². The summed E-state index contributed by atoms with van der Waals surface area (Å²) in [6.45, 7) is 6.04. The number of nitrogens with one attached hydrogen (secondary N) is 1. The second-order valence-corrected chi connectivity index (χ2v) is 5.77. The lowest BCUT2D eigenvalue weighted by Crippen LogP contribution is -2.31. The Bertz CT molecular complexity index is 511. The van der Waals surface area contributed by atoms with Crippen LogP contribution in [0.2, 0.25) is 0 Å². The summed E-state index contributed by atoms with van der Waals surface area (Å²) in [4.78, 5) is 22.9. The number of rotatable bonds is 7. The lowest BCUT2D eigenvalue weighted by molar-refractivity contribution is -0.138. The number of para-hydroxylation sites is 1. The molecule has 0 fully saturated rings. The van der Waals surface area contributed by atoms with Crippen molar-refractivity contribution in [1.82, 2.24) is 5.32 Å². The zero-order chi connectivity index (χ0) is 16.0. The number of phenolic OH excluding ortho intramolecular Hbond substituents is 1. The molecule has 1 atom stereocenters. The van der Waals surface area contributed by atoms with Crippen molar-refractivity contribution >= 4 is 11.9 Å². The summed E-state index contributed by atoms with van der Waals surface area (Å²) in [7, 11) is 0. The lowest BCUT2D eigenvalue weighted by Gasteiger charge is -2.18. The average molecular weight is 293 g/mol. The number of carbonyl (C=O) groups excluding carboxylic acids is 1. The van der Waals surface area contributed by atoms with Gasteiger partial charge >= 0.3 is 5.97 Å². The van der Waals surface area contributed by atoms with Gasteiger partial charge in [-0.05, 0) is 36.8 Å². The highest BCUT2D eigenvalue weighted by Crippen LogP contribution is 2.21. The molecule has 1 aromatic rings. The number of aromatic hydroxyl groups is 1. The molecule has 0 aromatic heterocycles. The normalized spacial score (nSPS) is 12.2. The van der Waals surface area contributed by atoms with E-state index in [9.17, 15) is 14.7 Å². The second kappa shape index (κ2) is 7.67. The molecule has 0 unspecified atom stereocenters. The number of carboxylic acid groups (broad SMARTS) is 1. The Morgan fingerprint density at radius 2 is 1.95 bits per heavy atom. The zero-order valence-corrected chi connectivity index (χ0v) is 12.7. The molecule has 1 amide bonds. The van der Waals surface area contributed by atoms with Gasteiger partial charge in [-0.15, -0.1) is 0 Å². The highest BCUT2D eigenvalue weighted by molar-refractivity contribution is 5.97. The first-order chi connectivity index (χ1) is 9.81. The number of aliphatic carboxylic acids is 1. The standard InChI is InChI=1S/C16H23NO4/c1-10(2)7-12(8-14(18)19)9-17-16(21)13-6-4-5-11(3)15(13)20/h4-6,10,12,20H,7-9H2,1-3H3,(H,17,21)(H,18,19)/t12-/m0/s1. The van der Waals surface area contributed by atoms with Crippen LogP contribution in [0.5, 0.6) is 5.75 Å². The molecule has 0 aliphatic rings. The molecule has 21 heavy (non-hydrogen) atoms. The SMILES string of the molecule is Cc1cccc(C(=O)NC[C@H](CC(=O)O)CC(C)C)c1O. The molecular weight excluding hydrogens is 270 g/mol. The van der Waals surface area contributed by atoms with Crippen molar-refractivity contribution in [2.45, 2.75) is 33.6 Å². The van der Waals surface area contributed by atoms with Crippen LogP contribution in [0.15, 0.2) is 18.2 Å². The van der Waals surface area contributed by atoms with E-state index in [2.05, 4.69) is 5.32 Å². The van der Waals surface area contributed by atoms with Crippen LogP contribution in [0.4, 0.5) is 0 Å². The Labute approximate surface area is 125 Å². The Morgan fingerprint density at radius 3 is 2.52 bits per heavy atom. The van der Waals surface area contributed by atoms with E-state index in [0.29, 0.717) is 11.5 Å². The Hall–Kier alpha value is -2.04. The molecule has 0 saturated carbocycles. The summed E-state index contributed by atoms with van der Waals surface area (Å²) in [5.74, 6) is -1.03. The van der Waals surface area contributed by atoms with Gasteiger partial charge in [-0.2, -0.15) is 0 Å². The maximum Gasteiger partial charge on any atom is 0.303 e. The first-order valence-electron chi connectivity index (χ1n) is 7.09. The summed E-state index contributed by atoms with van der Waals surface area (Å²) < 4.78 is 0. The number of aryl methyl sites for hydroxylation is 1. The van der Waals surface area contributed by atoms with Crippen molar-refractivity contribution in [2.75, 3.05) is 6.54 Å². The van der Waals surface area contributed by atoms with E-state index >= 15 is 0 Å². The van der Waals surface area contributed by atoms with Gasteiger partial charge in [-0.1, -0.05) is 26.0 Å². The predicted molar refractivity (Wildman–Crippen MR) is 80.4 cm³/mol. The lowest BCUT2D eigenvalue weighted by atomic mass is 9.94. The van der Waals surface area contributed by atoms with Gasteiger partial charge in [0.25, 0.3) is 5.91 Å². The van der Waals surface area contributed by atoms with E-state index in [0.717, 1.165) is 6.42 Å². The fourth-order valence-corrected chi connectivity index (χ4v) is 2.33. The van der Waals surface area contributed by atoms with Crippen molar-refractivity contribution in [3.8, 4) is 5.75 Å². The molecular formula is C16H23NO4. The van der Waals surface area contributed by atoms with Crippen LogP contribution < -0.4 is 5.32 Å². The molecule has 1 aromatic carbocycles. The van der Waals surface area contributed by atoms with E-state index in [-0.39, 0.29) is 36.1 Å². The molecule has 1 rings (SSSR count). The molecule has 0 bridgehead atoms. The molecule has 0 aliphatic heterocycles. The van der Waals surface area contributed by atoms with Crippen LogP contribution >= 0.6 is 0 Å². The van der Waals surface area contributed by atoms with E-state index < -0.39 is 5.97 Å². The van der Waals surface area contributed by atoms with Gasteiger partial charge in [0.05, 0.1) is 5.56 Å². The number of hydrogen-bond acceptors (Lipinski definition) is 3.